The van der Waals surface area contributed by atoms with E-state index in [2.05, 4.69) is 22.4 Å². The van der Waals surface area contributed by atoms with Crippen LogP contribution in [0.15, 0.2) is 36.5 Å². The van der Waals surface area contributed by atoms with Gasteiger partial charge in [-0.3, -0.25) is 4.79 Å². The molecule has 2 aromatic heterocycles. The molecule has 0 saturated heterocycles. The number of rotatable bonds is 7. The maximum absolute atomic E-state index is 11.7. The average molecular weight is 467 g/mol. The lowest BCUT2D eigenvalue weighted by Crippen LogP contribution is -2.27. The average Bonchev–Trinajstić information content (AvgIpc) is 3.15. The van der Waals surface area contributed by atoms with Crippen LogP contribution < -0.4 is 10.1 Å². The molecule has 8 heteroatoms. The number of nitrogens with one attached hydrogen (secondary N) is 1. The van der Waals surface area contributed by atoms with Crippen LogP contribution in [0, 0.1) is 0 Å². The molecule has 2 heterocycles. The van der Waals surface area contributed by atoms with Crippen molar-refractivity contribution in [1.29, 1.82) is 0 Å². The van der Waals surface area contributed by atoms with Gasteiger partial charge in [0.25, 0.3) is 0 Å². The lowest BCUT2D eigenvalue weighted by atomic mass is 10.1. The van der Waals surface area contributed by atoms with Crippen LogP contribution in [0.3, 0.4) is 0 Å². The van der Waals surface area contributed by atoms with Gasteiger partial charge in [-0.2, -0.15) is 0 Å². The second kappa shape index (κ2) is 9.75. The third-order valence-electron chi connectivity index (χ3n) is 5.78. The van der Waals surface area contributed by atoms with Crippen molar-refractivity contribution in [2.75, 3.05) is 12.4 Å². The normalized spacial score (nSPS) is 16.9. The van der Waals surface area contributed by atoms with Crippen LogP contribution >= 0.6 is 11.6 Å². The van der Waals surface area contributed by atoms with E-state index in [1.807, 2.05) is 26.0 Å². The number of benzene rings is 1. The molecule has 0 spiro atoms. The van der Waals surface area contributed by atoms with Crippen molar-refractivity contribution < 1.29 is 14.3 Å². The Balaban J connectivity index is 1.75. The first-order valence-corrected chi connectivity index (χ1v) is 11.4. The molecule has 2 atom stereocenters. The number of methoxy groups -OCH3 is 1. The molecule has 4 rings (SSSR count). The first kappa shape index (κ1) is 23.0. The van der Waals surface area contributed by atoms with Crippen molar-refractivity contribution in [2.24, 2.45) is 0 Å². The first-order valence-electron chi connectivity index (χ1n) is 11.1. The summed E-state index contributed by atoms with van der Waals surface area (Å²) in [5.74, 6) is 0.966. The molecule has 7 nitrogen and oxygen atoms in total. The second-order valence-corrected chi connectivity index (χ2v) is 8.31. The van der Waals surface area contributed by atoms with Crippen molar-refractivity contribution in [3.63, 3.8) is 0 Å². The zero-order chi connectivity index (χ0) is 23.5. The van der Waals surface area contributed by atoms with E-state index in [0.717, 1.165) is 22.5 Å². The van der Waals surface area contributed by atoms with Gasteiger partial charge in [-0.25, -0.2) is 15.0 Å². The Morgan fingerprint density at radius 3 is 2.58 bits per heavy atom. The summed E-state index contributed by atoms with van der Waals surface area (Å²) in [4.78, 5) is 26.1. The number of ether oxygens (including phenoxy) is 2. The Kier molecular flexibility index (Phi) is 6.79. The van der Waals surface area contributed by atoms with Gasteiger partial charge in [-0.15, -0.1) is 0 Å². The van der Waals surface area contributed by atoms with Gasteiger partial charge in [0.15, 0.2) is 0 Å². The quantitative estimate of drug-likeness (QED) is 0.492. The van der Waals surface area contributed by atoms with Crippen LogP contribution in [0.5, 0.6) is 5.75 Å². The van der Waals surface area contributed by atoms with Crippen LogP contribution in [0.1, 0.15) is 49.3 Å². The fourth-order valence-corrected chi connectivity index (χ4v) is 4.45. The van der Waals surface area contributed by atoms with Crippen molar-refractivity contribution >= 4 is 23.4 Å². The van der Waals surface area contributed by atoms with Crippen molar-refractivity contribution in [3.05, 3.63) is 64.1 Å². The number of fused-ring (bicyclic) bond motifs is 1. The summed E-state index contributed by atoms with van der Waals surface area (Å²) >= 11 is 6.49. The summed E-state index contributed by atoms with van der Waals surface area (Å²) in [5, 5.41) is 3.99. The van der Waals surface area contributed by atoms with Gasteiger partial charge in [0, 0.05) is 19.4 Å². The SMILES string of the molecule is CCc1nc(-c2ncc(OC)cc2Cl)c(CC)nc1NC1c2ccccc2CC1OC(C)=O. The summed E-state index contributed by atoms with van der Waals surface area (Å²) in [5.41, 5.74) is 5.08. The lowest BCUT2D eigenvalue weighted by molar-refractivity contribution is -0.146. The maximum atomic E-state index is 11.7. The second-order valence-electron chi connectivity index (χ2n) is 7.90. The predicted molar refractivity (Wildman–Crippen MR) is 128 cm³/mol. The third kappa shape index (κ3) is 4.64. The van der Waals surface area contributed by atoms with E-state index in [0.29, 0.717) is 47.2 Å². The zero-order valence-electron chi connectivity index (χ0n) is 19.2. The van der Waals surface area contributed by atoms with Crippen LogP contribution in [-0.4, -0.2) is 34.1 Å². The number of esters is 1. The molecular formula is C25H27ClN4O3. The number of pyridine rings is 1. The molecule has 3 aromatic rings. The first-order chi connectivity index (χ1) is 15.9. The summed E-state index contributed by atoms with van der Waals surface area (Å²) in [6, 6.07) is 9.64. The Bertz CT molecular complexity index is 1180. The van der Waals surface area contributed by atoms with Gasteiger partial charge >= 0.3 is 5.97 Å². The van der Waals surface area contributed by atoms with Gasteiger partial charge in [0.2, 0.25) is 0 Å². The van der Waals surface area contributed by atoms with Gasteiger partial charge in [-0.05, 0) is 24.0 Å². The summed E-state index contributed by atoms with van der Waals surface area (Å²) < 4.78 is 10.9. The Morgan fingerprint density at radius 2 is 1.91 bits per heavy atom. The minimum Gasteiger partial charge on any atom is -0.495 e. The molecule has 0 saturated carbocycles. The topological polar surface area (TPSA) is 86.2 Å². The van der Waals surface area contributed by atoms with E-state index in [-0.39, 0.29) is 18.1 Å². The van der Waals surface area contributed by atoms with E-state index >= 15 is 0 Å². The molecule has 0 fully saturated rings. The third-order valence-corrected chi connectivity index (χ3v) is 6.07. The number of halogens is 1. The smallest absolute Gasteiger partial charge is 0.302 e. The van der Waals surface area contributed by atoms with E-state index in [1.54, 1.807) is 19.4 Å². The summed E-state index contributed by atoms with van der Waals surface area (Å²) in [6.45, 7) is 5.49. The molecule has 0 aliphatic heterocycles. The number of hydrogen-bond acceptors (Lipinski definition) is 7. The van der Waals surface area contributed by atoms with E-state index in [1.165, 1.54) is 6.92 Å². The van der Waals surface area contributed by atoms with E-state index in [9.17, 15) is 4.79 Å². The number of carbonyl (C=O) groups excluding carboxylic acids is 1. The summed E-state index contributed by atoms with van der Waals surface area (Å²) in [7, 11) is 1.57. The van der Waals surface area contributed by atoms with Crippen molar-refractivity contribution in [2.45, 2.75) is 52.2 Å². The van der Waals surface area contributed by atoms with Gasteiger partial charge in [0.1, 0.15) is 29.1 Å². The minimum absolute atomic E-state index is 0.206. The van der Waals surface area contributed by atoms with Gasteiger partial charge < -0.3 is 14.8 Å². The monoisotopic (exact) mass is 466 g/mol. The highest BCUT2D eigenvalue weighted by molar-refractivity contribution is 6.33. The highest BCUT2D eigenvalue weighted by Gasteiger charge is 2.35. The molecule has 0 amide bonds. The Morgan fingerprint density at radius 1 is 1.15 bits per heavy atom. The number of nitrogens with zero attached hydrogens (tertiary/aromatic N) is 3. The zero-order valence-corrected chi connectivity index (χ0v) is 19.9. The molecule has 1 aromatic carbocycles. The Labute approximate surface area is 198 Å². The van der Waals surface area contributed by atoms with Crippen molar-refractivity contribution in [1.82, 2.24) is 15.0 Å². The van der Waals surface area contributed by atoms with Gasteiger partial charge in [0.05, 0.1) is 35.8 Å². The molecule has 1 aliphatic carbocycles. The van der Waals surface area contributed by atoms with E-state index < -0.39 is 0 Å². The van der Waals surface area contributed by atoms with Crippen molar-refractivity contribution in [3.8, 4) is 17.1 Å². The highest BCUT2D eigenvalue weighted by atomic mass is 35.5. The molecule has 33 heavy (non-hydrogen) atoms. The number of aromatic nitrogens is 3. The van der Waals surface area contributed by atoms with Gasteiger partial charge in [-0.1, -0.05) is 49.7 Å². The molecular weight excluding hydrogens is 440 g/mol. The van der Waals surface area contributed by atoms with Crippen LogP contribution in [-0.2, 0) is 28.8 Å². The standard InChI is InChI=1S/C25H27ClN4O3/c1-5-19-24(23-18(26)12-16(32-4)13-27-23)28-20(6-2)25(29-19)30-22-17-10-8-7-9-15(17)11-21(22)33-14(3)31/h7-10,12-13,21-22H,5-6,11H2,1-4H3,(H,29,30). The van der Waals surface area contributed by atoms with Crippen LogP contribution in [0.25, 0.3) is 11.4 Å². The number of hydrogen-bond donors (Lipinski definition) is 1. The molecule has 1 N–H and O–H groups in total. The van der Waals surface area contributed by atoms with E-state index in [4.69, 9.17) is 31.0 Å². The number of carbonyl (C=O) groups is 1. The molecule has 0 radical (unpaired) electrons. The lowest BCUT2D eigenvalue weighted by Gasteiger charge is -2.24. The molecule has 2 unspecified atom stereocenters. The maximum Gasteiger partial charge on any atom is 0.302 e. The highest BCUT2D eigenvalue weighted by Crippen LogP contribution is 2.37. The molecule has 172 valence electrons. The van der Waals surface area contributed by atoms with Crippen LogP contribution in [0.2, 0.25) is 5.02 Å². The fraction of sp³-hybridized carbons (Fsp3) is 0.360. The minimum atomic E-state index is -0.311. The Hall–Kier alpha value is -3.19. The number of anilines is 1. The fourth-order valence-electron chi connectivity index (χ4n) is 4.21. The molecule has 1 aliphatic rings. The number of aryl methyl sites for hydroxylation is 2. The predicted octanol–water partition coefficient (Wildman–Crippen LogP) is 4.97. The molecule has 0 bridgehead atoms. The van der Waals surface area contributed by atoms with Crippen LogP contribution in [0.4, 0.5) is 5.82 Å². The largest absolute Gasteiger partial charge is 0.495 e. The summed E-state index contributed by atoms with van der Waals surface area (Å²) in [6.07, 6.45) is 3.28.